The van der Waals surface area contributed by atoms with Gasteiger partial charge in [-0.15, -0.1) is 0 Å². The van der Waals surface area contributed by atoms with Gasteiger partial charge in [0.2, 0.25) is 0 Å². The Morgan fingerprint density at radius 1 is 0.931 bits per heavy atom. The summed E-state index contributed by atoms with van der Waals surface area (Å²) in [6.45, 7) is 2.45. The fraction of sp³-hybridized carbons (Fsp3) is 0.263. The number of piperazine rings is 1. The number of carbonyl (C=O) groups is 1. The Balaban J connectivity index is 1.30. The molecule has 1 saturated heterocycles. The predicted molar refractivity (Wildman–Crippen MR) is 106 cm³/mol. The monoisotopic (exact) mass is 392 g/mol. The summed E-state index contributed by atoms with van der Waals surface area (Å²) in [7, 11) is 0. The molecule has 0 saturated carbocycles. The number of aromatic nitrogens is 5. The predicted octanol–water partition coefficient (Wildman–Crippen LogP) is 1.13. The van der Waals surface area contributed by atoms with E-state index in [-0.39, 0.29) is 18.5 Å². The smallest absolute Gasteiger partial charge is 0.316 e. The largest absolute Gasteiger partial charge is 0.453 e. The average Bonchev–Trinajstić information content (AvgIpc) is 2.79. The van der Waals surface area contributed by atoms with Gasteiger partial charge in [-0.25, -0.2) is 24.9 Å². The first kappa shape index (κ1) is 18.5. The highest BCUT2D eigenvalue weighted by atomic mass is 16.5. The van der Waals surface area contributed by atoms with Crippen LogP contribution in [0.5, 0.6) is 6.01 Å². The maximum atomic E-state index is 12.4. The number of carbonyl (C=O) groups excluding carboxylic acids is 1. The molecule has 1 amide bonds. The molecule has 3 aromatic rings. The molecule has 0 aliphatic carbocycles. The SMILES string of the molecule is O=C(COc1ncccn1)N1CCN(c2cc(Nc3ccccn3)ncn2)CC1. The molecule has 1 N–H and O–H groups in total. The molecular formula is C19H20N8O2. The minimum atomic E-state index is -0.0858. The molecule has 1 fully saturated rings. The Bertz CT molecular complexity index is 933. The number of nitrogens with zero attached hydrogens (tertiary/aromatic N) is 7. The average molecular weight is 392 g/mol. The first-order valence-corrected chi connectivity index (χ1v) is 9.20. The molecule has 0 atom stereocenters. The van der Waals surface area contributed by atoms with Crippen LogP contribution in [0.3, 0.4) is 0 Å². The van der Waals surface area contributed by atoms with Crippen molar-refractivity contribution in [3.05, 3.63) is 55.2 Å². The van der Waals surface area contributed by atoms with Crippen LogP contribution in [0.4, 0.5) is 17.5 Å². The summed E-state index contributed by atoms with van der Waals surface area (Å²) in [5.41, 5.74) is 0. The van der Waals surface area contributed by atoms with Gasteiger partial charge in [-0.05, 0) is 18.2 Å². The minimum Gasteiger partial charge on any atom is -0.453 e. The van der Waals surface area contributed by atoms with E-state index in [9.17, 15) is 4.79 Å². The number of pyridine rings is 1. The maximum absolute atomic E-state index is 12.4. The summed E-state index contributed by atoms with van der Waals surface area (Å²) in [6.07, 6.45) is 6.38. The fourth-order valence-corrected chi connectivity index (χ4v) is 2.92. The zero-order valence-electron chi connectivity index (χ0n) is 15.7. The van der Waals surface area contributed by atoms with E-state index >= 15 is 0 Å². The lowest BCUT2D eigenvalue weighted by molar-refractivity contribution is -0.133. The molecule has 4 rings (SSSR count). The molecular weight excluding hydrogens is 372 g/mol. The molecule has 10 heteroatoms. The van der Waals surface area contributed by atoms with Crippen LogP contribution in [0.2, 0.25) is 0 Å². The molecule has 0 radical (unpaired) electrons. The van der Waals surface area contributed by atoms with Crippen molar-refractivity contribution >= 4 is 23.4 Å². The summed E-state index contributed by atoms with van der Waals surface area (Å²) < 4.78 is 5.34. The van der Waals surface area contributed by atoms with Crippen LogP contribution in [0.25, 0.3) is 0 Å². The summed E-state index contributed by atoms with van der Waals surface area (Å²) in [5.74, 6) is 2.11. The van der Waals surface area contributed by atoms with E-state index in [1.165, 1.54) is 6.33 Å². The topological polar surface area (TPSA) is 109 Å². The summed E-state index contributed by atoms with van der Waals surface area (Å²) in [5, 5.41) is 3.16. The molecule has 0 spiro atoms. The number of amides is 1. The number of hydrogen-bond acceptors (Lipinski definition) is 9. The Morgan fingerprint density at radius 2 is 1.72 bits per heavy atom. The Hall–Kier alpha value is -3.82. The normalized spacial score (nSPS) is 13.8. The Kier molecular flexibility index (Phi) is 5.70. The molecule has 1 aliphatic rings. The van der Waals surface area contributed by atoms with Crippen molar-refractivity contribution in [3.8, 4) is 6.01 Å². The highest BCUT2D eigenvalue weighted by Crippen LogP contribution is 2.18. The quantitative estimate of drug-likeness (QED) is 0.660. The molecule has 148 valence electrons. The zero-order valence-corrected chi connectivity index (χ0v) is 15.7. The van der Waals surface area contributed by atoms with Gasteiger partial charge in [0.05, 0.1) is 0 Å². The van der Waals surface area contributed by atoms with Gasteiger partial charge in [0.25, 0.3) is 5.91 Å². The van der Waals surface area contributed by atoms with Crippen molar-refractivity contribution in [1.29, 1.82) is 0 Å². The van der Waals surface area contributed by atoms with E-state index < -0.39 is 0 Å². The lowest BCUT2D eigenvalue weighted by atomic mass is 10.3. The molecule has 0 bridgehead atoms. The van der Waals surface area contributed by atoms with Gasteiger partial charge >= 0.3 is 6.01 Å². The minimum absolute atomic E-state index is 0.0737. The van der Waals surface area contributed by atoms with Crippen molar-refractivity contribution in [1.82, 2.24) is 29.8 Å². The van der Waals surface area contributed by atoms with Gasteiger partial charge in [-0.2, -0.15) is 0 Å². The van der Waals surface area contributed by atoms with Gasteiger partial charge in [-0.1, -0.05) is 6.07 Å². The second kappa shape index (κ2) is 8.91. The number of rotatable bonds is 6. The first-order valence-electron chi connectivity index (χ1n) is 9.20. The van der Waals surface area contributed by atoms with Crippen LogP contribution in [0.1, 0.15) is 0 Å². The van der Waals surface area contributed by atoms with E-state index in [1.807, 2.05) is 24.3 Å². The molecule has 0 aromatic carbocycles. The highest BCUT2D eigenvalue weighted by Gasteiger charge is 2.22. The fourth-order valence-electron chi connectivity index (χ4n) is 2.92. The second-order valence-electron chi connectivity index (χ2n) is 6.29. The molecule has 4 heterocycles. The third-order valence-electron chi connectivity index (χ3n) is 4.40. The van der Waals surface area contributed by atoms with E-state index in [2.05, 4.69) is 35.1 Å². The summed E-state index contributed by atoms with van der Waals surface area (Å²) in [6, 6.07) is 9.40. The van der Waals surface area contributed by atoms with Gasteiger partial charge in [0.15, 0.2) is 6.61 Å². The standard InChI is InChI=1S/C19H20N8O2/c28-18(13-29-19-21-6-3-7-22-19)27-10-8-26(9-11-27)17-12-16(23-14-24-17)25-15-4-1-2-5-20-15/h1-7,12,14H,8-11,13H2,(H,20,23,24,25). The maximum Gasteiger partial charge on any atom is 0.316 e. The Morgan fingerprint density at radius 3 is 2.48 bits per heavy atom. The van der Waals surface area contributed by atoms with Crippen molar-refractivity contribution < 1.29 is 9.53 Å². The van der Waals surface area contributed by atoms with Crippen molar-refractivity contribution in [3.63, 3.8) is 0 Å². The van der Waals surface area contributed by atoms with E-state index in [0.29, 0.717) is 32.0 Å². The number of nitrogens with one attached hydrogen (secondary N) is 1. The zero-order chi connectivity index (χ0) is 19.9. The Labute approximate surface area is 167 Å². The number of ether oxygens (including phenoxy) is 1. The van der Waals surface area contributed by atoms with E-state index in [0.717, 1.165) is 11.6 Å². The lowest BCUT2D eigenvalue weighted by Gasteiger charge is -2.35. The molecule has 29 heavy (non-hydrogen) atoms. The third kappa shape index (κ3) is 4.92. The summed E-state index contributed by atoms with van der Waals surface area (Å²) >= 11 is 0. The summed E-state index contributed by atoms with van der Waals surface area (Å²) in [4.78, 5) is 37.0. The van der Waals surface area contributed by atoms with E-state index in [4.69, 9.17) is 4.74 Å². The van der Waals surface area contributed by atoms with Gasteiger partial charge in [0, 0.05) is 50.8 Å². The number of hydrogen-bond donors (Lipinski definition) is 1. The van der Waals surface area contributed by atoms with Crippen LogP contribution >= 0.6 is 0 Å². The van der Waals surface area contributed by atoms with Crippen LogP contribution in [0.15, 0.2) is 55.2 Å². The lowest BCUT2D eigenvalue weighted by Crippen LogP contribution is -2.50. The second-order valence-corrected chi connectivity index (χ2v) is 6.29. The van der Waals surface area contributed by atoms with Crippen molar-refractivity contribution in [2.45, 2.75) is 0 Å². The van der Waals surface area contributed by atoms with Crippen molar-refractivity contribution in [2.24, 2.45) is 0 Å². The number of anilines is 3. The van der Waals surface area contributed by atoms with Crippen LogP contribution < -0.4 is 15.0 Å². The molecule has 0 unspecified atom stereocenters. The molecule has 1 aliphatic heterocycles. The van der Waals surface area contributed by atoms with Gasteiger partial charge < -0.3 is 19.9 Å². The third-order valence-corrected chi connectivity index (χ3v) is 4.40. The van der Waals surface area contributed by atoms with Crippen LogP contribution in [-0.4, -0.2) is 68.5 Å². The van der Waals surface area contributed by atoms with Crippen molar-refractivity contribution in [2.75, 3.05) is 43.0 Å². The van der Waals surface area contributed by atoms with Crippen LogP contribution in [0, 0.1) is 0 Å². The van der Waals surface area contributed by atoms with Gasteiger partial charge in [0.1, 0.15) is 23.8 Å². The van der Waals surface area contributed by atoms with E-state index in [1.54, 1.807) is 29.6 Å². The molecule has 3 aromatic heterocycles. The highest BCUT2D eigenvalue weighted by molar-refractivity contribution is 5.78. The molecule has 10 nitrogen and oxygen atoms in total. The van der Waals surface area contributed by atoms with Crippen LogP contribution in [-0.2, 0) is 4.79 Å². The van der Waals surface area contributed by atoms with Gasteiger partial charge in [-0.3, -0.25) is 4.79 Å². The first-order chi connectivity index (χ1) is 14.3.